The van der Waals surface area contributed by atoms with Crippen molar-refractivity contribution in [1.82, 2.24) is 4.90 Å². The third-order valence-electron chi connectivity index (χ3n) is 4.38. The van der Waals surface area contributed by atoms with E-state index in [4.69, 9.17) is 5.73 Å². The van der Waals surface area contributed by atoms with Crippen molar-refractivity contribution in [2.24, 2.45) is 11.7 Å². The highest BCUT2D eigenvalue weighted by atomic mass is 35.5. The summed E-state index contributed by atoms with van der Waals surface area (Å²) in [4.78, 5) is 4.06. The summed E-state index contributed by atoms with van der Waals surface area (Å²) in [6, 6.07) is 13.1. The molecule has 1 aliphatic heterocycles. The summed E-state index contributed by atoms with van der Waals surface area (Å²) in [5, 5.41) is 2.19. The molecule has 1 fully saturated rings. The SMILES string of the molecule is Cc1ccsc1CN1C[C@@H](CN)[C@H](c2ccccc2)C1.Cl. The van der Waals surface area contributed by atoms with Gasteiger partial charge in [-0.05, 0) is 42.0 Å². The van der Waals surface area contributed by atoms with Gasteiger partial charge in [-0.3, -0.25) is 4.90 Å². The van der Waals surface area contributed by atoms with Crippen molar-refractivity contribution in [3.8, 4) is 0 Å². The van der Waals surface area contributed by atoms with Crippen LogP contribution in [0.3, 0.4) is 0 Å². The fourth-order valence-electron chi connectivity index (χ4n) is 3.18. The first-order chi connectivity index (χ1) is 9.78. The van der Waals surface area contributed by atoms with E-state index in [2.05, 4.69) is 53.6 Å². The minimum absolute atomic E-state index is 0. The van der Waals surface area contributed by atoms with Crippen molar-refractivity contribution in [3.63, 3.8) is 0 Å². The quantitative estimate of drug-likeness (QED) is 0.931. The highest BCUT2D eigenvalue weighted by Gasteiger charge is 2.32. The van der Waals surface area contributed by atoms with Crippen LogP contribution in [0, 0.1) is 12.8 Å². The monoisotopic (exact) mass is 322 g/mol. The fraction of sp³-hybridized carbons (Fsp3) is 0.412. The van der Waals surface area contributed by atoms with E-state index in [1.807, 2.05) is 11.3 Å². The maximum Gasteiger partial charge on any atom is 0.0330 e. The van der Waals surface area contributed by atoms with Gasteiger partial charge in [0.25, 0.3) is 0 Å². The molecular formula is C17H23ClN2S. The molecule has 1 saturated heterocycles. The van der Waals surface area contributed by atoms with E-state index in [1.165, 1.54) is 16.0 Å². The van der Waals surface area contributed by atoms with Crippen LogP contribution in [0.15, 0.2) is 41.8 Å². The van der Waals surface area contributed by atoms with Gasteiger partial charge in [0.15, 0.2) is 0 Å². The van der Waals surface area contributed by atoms with Gasteiger partial charge in [-0.1, -0.05) is 30.3 Å². The van der Waals surface area contributed by atoms with Crippen LogP contribution in [0.25, 0.3) is 0 Å². The first kappa shape index (κ1) is 16.5. The standard InChI is InChI=1S/C17H22N2S.ClH/c1-13-7-8-20-17(13)12-19-10-15(9-18)16(11-19)14-5-3-2-4-6-14;/h2-8,15-16H,9-12,18H2,1H3;1H/t15-,16+;/m1./s1. The molecule has 21 heavy (non-hydrogen) atoms. The van der Waals surface area contributed by atoms with Gasteiger partial charge in [0.2, 0.25) is 0 Å². The molecule has 1 aromatic heterocycles. The molecule has 0 spiro atoms. The second-order valence-electron chi connectivity index (χ2n) is 5.73. The largest absolute Gasteiger partial charge is 0.330 e. The fourth-order valence-corrected chi connectivity index (χ4v) is 4.12. The summed E-state index contributed by atoms with van der Waals surface area (Å²) >= 11 is 1.87. The van der Waals surface area contributed by atoms with Gasteiger partial charge in [0, 0.05) is 30.4 Å². The van der Waals surface area contributed by atoms with Crippen LogP contribution in [-0.2, 0) is 6.54 Å². The number of hydrogen-bond donors (Lipinski definition) is 1. The molecule has 4 heteroatoms. The van der Waals surface area contributed by atoms with Gasteiger partial charge in [-0.25, -0.2) is 0 Å². The molecular weight excluding hydrogens is 300 g/mol. The molecule has 1 aromatic carbocycles. The Morgan fingerprint density at radius 2 is 1.95 bits per heavy atom. The predicted molar refractivity (Wildman–Crippen MR) is 93.3 cm³/mol. The Kier molecular flexibility index (Phi) is 5.82. The first-order valence-corrected chi connectivity index (χ1v) is 8.16. The molecule has 1 aliphatic rings. The summed E-state index contributed by atoms with van der Waals surface area (Å²) in [6.07, 6.45) is 0. The van der Waals surface area contributed by atoms with Crippen LogP contribution in [0.2, 0.25) is 0 Å². The summed E-state index contributed by atoms with van der Waals surface area (Å²) in [5.74, 6) is 1.17. The lowest BCUT2D eigenvalue weighted by Gasteiger charge is -2.16. The number of hydrogen-bond acceptors (Lipinski definition) is 3. The zero-order chi connectivity index (χ0) is 13.9. The van der Waals surface area contributed by atoms with Crippen molar-refractivity contribution < 1.29 is 0 Å². The van der Waals surface area contributed by atoms with Crippen LogP contribution in [-0.4, -0.2) is 24.5 Å². The normalized spacial score (nSPS) is 22.2. The van der Waals surface area contributed by atoms with E-state index >= 15 is 0 Å². The van der Waals surface area contributed by atoms with E-state index in [9.17, 15) is 0 Å². The molecule has 114 valence electrons. The van der Waals surface area contributed by atoms with Crippen LogP contribution < -0.4 is 5.73 Å². The minimum atomic E-state index is 0. The Morgan fingerprint density at radius 3 is 2.57 bits per heavy atom. The number of nitrogens with zero attached hydrogens (tertiary/aromatic N) is 1. The molecule has 2 nitrogen and oxygen atoms in total. The molecule has 2 atom stereocenters. The van der Waals surface area contributed by atoms with Crippen molar-refractivity contribution in [2.75, 3.05) is 19.6 Å². The average Bonchev–Trinajstić information content (AvgIpc) is 3.07. The Labute approximate surface area is 137 Å². The molecule has 2 aromatic rings. The molecule has 2 heterocycles. The van der Waals surface area contributed by atoms with Crippen molar-refractivity contribution in [3.05, 3.63) is 57.8 Å². The van der Waals surface area contributed by atoms with E-state index in [1.54, 1.807) is 0 Å². The molecule has 0 saturated carbocycles. The maximum absolute atomic E-state index is 6.00. The van der Waals surface area contributed by atoms with Gasteiger partial charge in [-0.2, -0.15) is 0 Å². The van der Waals surface area contributed by atoms with E-state index in [0.717, 1.165) is 26.2 Å². The van der Waals surface area contributed by atoms with E-state index in [0.29, 0.717) is 11.8 Å². The van der Waals surface area contributed by atoms with Gasteiger partial charge >= 0.3 is 0 Å². The smallest absolute Gasteiger partial charge is 0.0330 e. The zero-order valence-electron chi connectivity index (χ0n) is 12.4. The average molecular weight is 323 g/mol. The Bertz CT molecular complexity index is 555. The predicted octanol–water partition coefficient (Wildman–Crippen LogP) is 3.65. The van der Waals surface area contributed by atoms with Gasteiger partial charge in [-0.15, -0.1) is 23.7 Å². The number of rotatable bonds is 4. The number of benzene rings is 1. The lowest BCUT2D eigenvalue weighted by molar-refractivity contribution is 0.319. The van der Waals surface area contributed by atoms with Crippen LogP contribution in [0.4, 0.5) is 0 Å². The molecule has 0 unspecified atom stereocenters. The van der Waals surface area contributed by atoms with E-state index in [-0.39, 0.29) is 12.4 Å². The van der Waals surface area contributed by atoms with Crippen molar-refractivity contribution >= 4 is 23.7 Å². The lowest BCUT2D eigenvalue weighted by atomic mass is 9.89. The Balaban J connectivity index is 0.00000161. The summed E-state index contributed by atoms with van der Waals surface area (Å²) < 4.78 is 0. The Morgan fingerprint density at radius 1 is 1.19 bits per heavy atom. The summed E-state index contributed by atoms with van der Waals surface area (Å²) in [5.41, 5.74) is 8.86. The van der Waals surface area contributed by atoms with Crippen LogP contribution in [0.5, 0.6) is 0 Å². The van der Waals surface area contributed by atoms with Crippen molar-refractivity contribution in [1.29, 1.82) is 0 Å². The van der Waals surface area contributed by atoms with Crippen LogP contribution in [0.1, 0.15) is 21.9 Å². The number of aryl methyl sites for hydroxylation is 1. The number of halogens is 1. The molecule has 3 rings (SSSR count). The maximum atomic E-state index is 6.00. The van der Waals surface area contributed by atoms with Gasteiger partial charge < -0.3 is 5.73 Å². The molecule has 0 radical (unpaired) electrons. The zero-order valence-corrected chi connectivity index (χ0v) is 14.0. The lowest BCUT2D eigenvalue weighted by Crippen LogP contribution is -2.23. The molecule has 0 amide bonds. The summed E-state index contributed by atoms with van der Waals surface area (Å²) in [7, 11) is 0. The highest BCUT2D eigenvalue weighted by molar-refractivity contribution is 7.10. The number of nitrogens with two attached hydrogens (primary N) is 1. The third kappa shape index (κ3) is 3.67. The number of likely N-dealkylation sites (tertiary alicyclic amines) is 1. The molecule has 0 bridgehead atoms. The van der Waals surface area contributed by atoms with Crippen LogP contribution >= 0.6 is 23.7 Å². The first-order valence-electron chi connectivity index (χ1n) is 7.28. The second-order valence-corrected chi connectivity index (χ2v) is 6.73. The minimum Gasteiger partial charge on any atom is -0.330 e. The highest BCUT2D eigenvalue weighted by Crippen LogP contribution is 2.33. The second kappa shape index (κ2) is 7.41. The molecule has 0 aliphatic carbocycles. The van der Waals surface area contributed by atoms with E-state index < -0.39 is 0 Å². The van der Waals surface area contributed by atoms with Gasteiger partial charge in [0.05, 0.1) is 0 Å². The van der Waals surface area contributed by atoms with Crippen molar-refractivity contribution in [2.45, 2.75) is 19.4 Å². The Hall–Kier alpha value is -0.870. The topological polar surface area (TPSA) is 29.3 Å². The summed E-state index contributed by atoms with van der Waals surface area (Å²) in [6.45, 7) is 6.30. The number of thiophene rings is 1. The molecule has 2 N–H and O–H groups in total. The third-order valence-corrected chi connectivity index (χ3v) is 5.39. The van der Waals surface area contributed by atoms with Gasteiger partial charge in [0.1, 0.15) is 0 Å².